The van der Waals surface area contributed by atoms with Crippen LogP contribution in [0.25, 0.3) is 0 Å². The number of rotatable bonds is 1. The van der Waals surface area contributed by atoms with E-state index >= 15 is 0 Å². The lowest BCUT2D eigenvalue weighted by Crippen LogP contribution is -2.44. The molecule has 0 aromatic carbocycles. The van der Waals surface area contributed by atoms with Crippen molar-refractivity contribution in [2.45, 2.75) is 45.1 Å². The molecule has 2 fully saturated rings. The Bertz CT molecular complexity index is 284. The van der Waals surface area contributed by atoms with E-state index in [9.17, 15) is 4.79 Å². The molecule has 1 saturated carbocycles. The highest BCUT2D eigenvalue weighted by Crippen LogP contribution is 2.53. The van der Waals surface area contributed by atoms with Crippen LogP contribution in [0.3, 0.4) is 0 Å². The first-order valence-corrected chi connectivity index (χ1v) is 5.36. The molecule has 2 nitrogen and oxygen atoms in total. The van der Waals surface area contributed by atoms with Crippen LogP contribution in [0, 0.1) is 11.3 Å². The van der Waals surface area contributed by atoms with Crippen LogP contribution in [0.2, 0.25) is 0 Å². The first kappa shape index (κ1) is 9.75. The van der Waals surface area contributed by atoms with Crippen molar-refractivity contribution in [3.05, 3.63) is 12.7 Å². The smallest absolute Gasteiger partial charge is 0.306 e. The molecule has 0 bridgehead atoms. The van der Waals surface area contributed by atoms with Crippen molar-refractivity contribution < 1.29 is 9.53 Å². The van der Waals surface area contributed by atoms with Crippen LogP contribution in [0.15, 0.2) is 12.7 Å². The zero-order valence-electron chi connectivity index (χ0n) is 9.01. The van der Waals surface area contributed by atoms with Crippen molar-refractivity contribution in [3.63, 3.8) is 0 Å². The van der Waals surface area contributed by atoms with Crippen LogP contribution in [0.4, 0.5) is 0 Å². The largest absolute Gasteiger partial charge is 0.459 e. The molecule has 2 rings (SSSR count). The van der Waals surface area contributed by atoms with Gasteiger partial charge in [-0.15, -0.1) is 6.58 Å². The molecule has 14 heavy (non-hydrogen) atoms. The molecule has 1 saturated heterocycles. The monoisotopic (exact) mass is 194 g/mol. The molecule has 2 heteroatoms. The lowest BCUT2D eigenvalue weighted by molar-refractivity contribution is -0.151. The maximum Gasteiger partial charge on any atom is 0.306 e. The van der Waals surface area contributed by atoms with Crippen molar-refractivity contribution in [2.24, 2.45) is 11.3 Å². The third-order valence-electron chi connectivity index (χ3n) is 4.11. The fraction of sp³-hybridized carbons (Fsp3) is 0.750. The Morgan fingerprint density at radius 2 is 2.21 bits per heavy atom. The number of hydrogen-bond donors (Lipinski definition) is 0. The fourth-order valence-corrected chi connectivity index (χ4v) is 3.15. The Balaban J connectivity index is 2.34. The van der Waals surface area contributed by atoms with Gasteiger partial charge in [-0.05, 0) is 31.6 Å². The number of fused-ring (bicyclic) bond motifs is 1. The Labute approximate surface area is 85.3 Å². The lowest BCUT2D eigenvalue weighted by Gasteiger charge is -2.45. The van der Waals surface area contributed by atoms with E-state index in [4.69, 9.17) is 4.74 Å². The summed E-state index contributed by atoms with van der Waals surface area (Å²) < 4.78 is 5.46. The van der Waals surface area contributed by atoms with Gasteiger partial charge in [0.25, 0.3) is 0 Å². The van der Waals surface area contributed by atoms with Gasteiger partial charge in [-0.25, -0.2) is 0 Å². The first-order valence-electron chi connectivity index (χ1n) is 5.36. The van der Waals surface area contributed by atoms with Crippen molar-refractivity contribution in [1.82, 2.24) is 0 Å². The number of carbonyl (C=O) groups is 1. The summed E-state index contributed by atoms with van der Waals surface area (Å²) in [5.41, 5.74) is -0.141. The summed E-state index contributed by atoms with van der Waals surface area (Å²) in [4.78, 5) is 11.4. The second-order valence-corrected chi connectivity index (χ2v) is 5.11. The van der Waals surface area contributed by atoms with Gasteiger partial charge in [0.2, 0.25) is 0 Å². The Hall–Kier alpha value is -0.790. The summed E-state index contributed by atoms with van der Waals surface area (Å²) in [6.07, 6.45) is 5.85. The highest BCUT2D eigenvalue weighted by Gasteiger charge is 2.54. The van der Waals surface area contributed by atoms with Crippen molar-refractivity contribution >= 4 is 5.97 Å². The molecule has 0 radical (unpaired) electrons. The second-order valence-electron chi connectivity index (χ2n) is 5.11. The maximum absolute atomic E-state index is 11.4. The van der Waals surface area contributed by atoms with E-state index in [1.165, 1.54) is 0 Å². The number of allylic oxidation sites excluding steroid dienone is 1. The maximum atomic E-state index is 11.4. The van der Waals surface area contributed by atoms with Gasteiger partial charge >= 0.3 is 5.97 Å². The zero-order valence-corrected chi connectivity index (χ0v) is 9.01. The van der Waals surface area contributed by atoms with Gasteiger partial charge in [-0.3, -0.25) is 4.79 Å². The van der Waals surface area contributed by atoms with Crippen LogP contribution in [0.1, 0.15) is 39.5 Å². The SMILES string of the molecule is C=C[C@@]1(C)CCC[C@@]2(C)OC(=O)C[C@H]12. The molecule has 0 unspecified atom stereocenters. The molecule has 0 aromatic rings. The molecule has 2 aliphatic rings. The van der Waals surface area contributed by atoms with Gasteiger partial charge < -0.3 is 4.74 Å². The minimum atomic E-state index is -0.224. The van der Waals surface area contributed by atoms with E-state index < -0.39 is 0 Å². The van der Waals surface area contributed by atoms with Gasteiger partial charge in [0, 0.05) is 5.92 Å². The summed E-state index contributed by atoms with van der Waals surface area (Å²) in [5, 5.41) is 0. The van der Waals surface area contributed by atoms with E-state index in [-0.39, 0.29) is 17.0 Å². The molecule has 78 valence electrons. The van der Waals surface area contributed by atoms with Gasteiger partial charge in [0.1, 0.15) is 5.60 Å². The highest BCUT2D eigenvalue weighted by molar-refractivity contribution is 5.73. The van der Waals surface area contributed by atoms with Crippen molar-refractivity contribution in [1.29, 1.82) is 0 Å². The van der Waals surface area contributed by atoms with Gasteiger partial charge in [0.15, 0.2) is 0 Å². The van der Waals surface area contributed by atoms with E-state index in [1.54, 1.807) is 0 Å². The van der Waals surface area contributed by atoms with Crippen molar-refractivity contribution in [3.8, 4) is 0 Å². The van der Waals surface area contributed by atoms with Gasteiger partial charge in [-0.1, -0.05) is 13.0 Å². The average molecular weight is 194 g/mol. The zero-order chi connectivity index (χ0) is 10.4. The Morgan fingerprint density at radius 1 is 1.50 bits per heavy atom. The molecular formula is C12H18O2. The molecule has 0 amide bonds. The number of hydrogen-bond acceptors (Lipinski definition) is 2. The molecule has 0 N–H and O–H groups in total. The van der Waals surface area contributed by atoms with Crippen LogP contribution in [0.5, 0.6) is 0 Å². The van der Waals surface area contributed by atoms with Crippen molar-refractivity contribution in [2.75, 3.05) is 0 Å². The molecule has 1 aliphatic heterocycles. The van der Waals surface area contributed by atoms with Crippen LogP contribution in [-0.2, 0) is 9.53 Å². The van der Waals surface area contributed by atoms with Crippen LogP contribution >= 0.6 is 0 Å². The minimum absolute atomic E-state index is 0.0347. The van der Waals surface area contributed by atoms with Gasteiger partial charge in [0.05, 0.1) is 6.42 Å². The first-order chi connectivity index (χ1) is 6.50. The lowest BCUT2D eigenvalue weighted by atomic mass is 9.61. The molecule has 1 aliphatic carbocycles. The average Bonchev–Trinajstić information content (AvgIpc) is 2.42. The number of carbonyl (C=O) groups excluding carboxylic acids is 1. The summed E-state index contributed by atoms with van der Waals surface area (Å²) in [5.74, 6) is 0.293. The topological polar surface area (TPSA) is 26.3 Å². The summed E-state index contributed by atoms with van der Waals surface area (Å²) in [6.45, 7) is 8.18. The second kappa shape index (κ2) is 2.85. The van der Waals surface area contributed by atoms with E-state index in [0.717, 1.165) is 19.3 Å². The van der Waals surface area contributed by atoms with E-state index in [2.05, 4.69) is 20.4 Å². The predicted molar refractivity (Wildman–Crippen MR) is 54.8 cm³/mol. The number of esters is 1. The quantitative estimate of drug-likeness (QED) is 0.474. The molecular weight excluding hydrogens is 176 g/mol. The van der Waals surface area contributed by atoms with Gasteiger partial charge in [-0.2, -0.15) is 0 Å². The third-order valence-corrected chi connectivity index (χ3v) is 4.11. The minimum Gasteiger partial charge on any atom is -0.459 e. The Kier molecular flexibility index (Phi) is 1.98. The van der Waals surface area contributed by atoms with Crippen LogP contribution in [-0.4, -0.2) is 11.6 Å². The normalized spacial score (nSPS) is 47.0. The van der Waals surface area contributed by atoms with Crippen LogP contribution < -0.4 is 0 Å². The standard InChI is InChI=1S/C12H18O2/c1-4-11(2)6-5-7-12(3)9(11)8-10(13)14-12/h4,9H,1,5-8H2,2-3H3/t9-,11+,12-/m1/s1. The summed E-state index contributed by atoms with van der Waals surface area (Å²) >= 11 is 0. The number of ether oxygens (including phenoxy) is 1. The predicted octanol–water partition coefficient (Wildman–Crippen LogP) is 2.68. The highest BCUT2D eigenvalue weighted by atomic mass is 16.6. The van der Waals surface area contributed by atoms with E-state index in [1.807, 2.05) is 6.08 Å². The fourth-order valence-electron chi connectivity index (χ4n) is 3.15. The third kappa shape index (κ3) is 1.20. The molecule has 0 spiro atoms. The molecule has 3 atom stereocenters. The summed E-state index contributed by atoms with van der Waals surface area (Å²) in [7, 11) is 0. The Morgan fingerprint density at radius 3 is 2.86 bits per heavy atom. The van der Waals surface area contributed by atoms with E-state index in [0.29, 0.717) is 12.3 Å². The summed E-state index contributed by atoms with van der Waals surface area (Å²) in [6, 6.07) is 0. The molecule has 1 heterocycles. The molecule has 0 aromatic heterocycles.